The Morgan fingerprint density at radius 1 is 0.652 bits per heavy atom. The van der Waals surface area contributed by atoms with Crippen molar-refractivity contribution in [1.82, 2.24) is 4.98 Å². The van der Waals surface area contributed by atoms with Crippen LogP contribution in [0.15, 0.2) is 18.5 Å². The summed E-state index contributed by atoms with van der Waals surface area (Å²) in [6.07, 6.45) is 2.66. The van der Waals surface area contributed by atoms with Gasteiger partial charge in [-0.3, -0.25) is 4.98 Å². The minimum Gasteiger partial charge on any atom is -0.460 e. The molecule has 0 saturated heterocycles. The number of aromatic nitrogens is 1. The lowest BCUT2D eigenvalue weighted by atomic mass is 10.2. The fraction of sp³-hybridized carbons (Fsp3) is 0.533. The quantitative estimate of drug-likeness (QED) is 0.635. The van der Waals surface area contributed by atoms with Crippen molar-refractivity contribution in [3.63, 3.8) is 0 Å². The normalized spacial score (nSPS) is 19.1. The average Bonchev–Trinajstić information content (AvgIpc) is 2.58. The lowest BCUT2D eigenvalue weighted by Crippen LogP contribution is -2.17. The van der Waals surface area contributed by atoms with E-state index in [-0.39, 0.29) is 37.6 Å². The van der Waals surface area contributed by atoms with Crippen LogP contribution < -0.4 is 0 Å². The Morgan fingerprint density at radius 2 is 1.04 bits per heavy atom. The third-order valence-electron chi connectivity index (χ3n) is 2.88. The molecular weight excluding hydrogens is 306 g/mol. The Hall–Kier alpha value is -2.03. The molecule has 1 aliphatic rings. The Kier molecular flexibility index (Phi) is 7.44. The maximum absolute atomic E-state index is 11.9. The maximum atomic E-state index is 11.9. The van der Waals surface area contributed by atoms with Crippen LogP contribution in [0.4, 0.5) is 0 Å². The molecule has 23 heavy (non-hydrogen) atoms. The smallest absolute Gasteiger partial charge is 0.339 e. The molecule has 2 bridgehead atoms. The fourth-order valence-electron chi connectivity index (χ4n) is 1.76. The second kappa shape index (κ2) is 9.88. The molecule has 1 aromatic rings. The Labute approximate surface area is 133 Å². The van der Waals surface area contributed by atoms with Crippen LogP contribution in [0.5, 0.6) is 0 Å². The van der Waals surface area contributed by atoms with E-state index in [0.717, 1.165) is 0 Å². The zero-order valence-corrected chi connectivity index (χ0v) is 12.7. The van der Waals surface area contributed by atoms with Crippen LogP contribution in [0.25, 0.3) is 0 Å². The number of esters is 2. The van der Waals surface area contributed by atoms with Crippen LogP contribution in [-0.2, 0) is 23.7 Å². The van der Waals surface area contributed by atoms with Crippen LogP contribution in [0.3, 0.4) is 0 Å². The zero-order chi connectivity index (χ0) is 16.3. The summed E-state index contributed by atoms with van der Waals surface area (Å²) < 4.78 is 25.9. The van der Waals surface area contributed by atoms with Gasteiger partial charge in [-0.2, -0.15) is 0 Å². The topological polar surface area (TPSA) is 93.2 Å². The number of carbonyl (C=O) groups is 2. The highest BCUT2D eigenvalue weighted by atomic mass is 16.6. The van der Waals surface area contributed by atoms with Crippen molar-refractivity contribution in [3.8, 4) is 0 Å². The SMILES string of the molecule is O=C1OCCOCCOCCOCCOC(=O)c2cncc1c2. The third-order valence-corrected chi connectivity index (χ3v) is 2.88. The van der Waals surface area contributed by atoms with E-state index in [9.17, 15) is 9.59 Å². The Bertz CT molecular complexity index is 479. The van der Waals surface area contributed by atoms with E-state index in [2.05, 4.69) is 4.98 Å². The molecule has 0 aliphatic carbocycles. The van der Waals surface area contributed by atoms with Gasteiger partial charge in [-0.05, 0) is 6.07 Å². The molecule has 1 aromatic heterocycles. The summed E-state index contributed by atoms with van der Waals surface area (Å²) in [4.78, 5) is 27.6. The van der Waals surface area contributed by atoms with E-state index in [1.54, 1.807) is 0 Å². The molecule has 0 amide bonds. The second-order valence-corrected chi connectivity index (χ2v) is 4.57. The highest BCUT2D eigenvalue weighted by Gasteiger charge is 2.13. The van der Waals surface area contributed by atoms with Crippen molar-refractivity contribution < 1.29 is 33.3 Å². The molecule has 0 atom stereocenters. The van der Waals surface area contributed by atoms with E-state index in [4.69, 9.17) is 23.7 Å². The highest BCUT2D eigenvalue weighted by Crippen LogP contribution is 2.06. The number of ether oxygens (including phenoxy) is 5. The Balaban J connectivity index is 1.96. The van der Waals surface area contributed by atoms with Crippen molar-refractivity contribution in [1.29, 1.82) is 0 Å². The maximum Gasteiger partial charge on any atom is 0.339 e. The van der Waals surface area contributed by atoms with Gasteiger partial charge in [0.05, 0.1) is 50.8 Å². The van der Waals surface area contributed by atoms with Gasteiger partial charge in [0.25, 0.3) is 0 Å². The van der Waals surface area contributed by atoms with Gasteiger partial charge in [0.1, 0.15) is 13.2 Å². The summed E-state index contributed by atoms with van der Waals surface area (Å²) in [6.45, 7) is 2.42. The first-order valence-electron chi connectivity index (χ1n) is 7.30. The number of nitrogens with zero attached hydrogens (tertiary/aromatic N) is 1. The van der Waals surface area contributed by atoms with Gasteiger partial charge in [-0.1, -0.05) is 0 Å². The van der Waals surface area contributed by atoms with Crippen LogP contribution >= 0.6 is 0 Å². The molecule has 0 spiro atoms. The van der Waals surface area contributed by atoms with Gasteiger partial charge in [0, 0.05) is 12.4 Å². The Morgan fingerprint density at radius 3 is 1.48 bits per heavy atom. The van der Waals surface area contributed by atoms with Crippen molar-refractivity contribution in [2.45, 2.75) is 0 Å². The predicted molar refractivity (Wildman–Crippen MR) is 77.3 cm³/mol. The van der Waals surface area contributed by atoms with E-state index >= 15 is 0 Å². The lowest BCUT2D eigenvalue weighted by molar-refractivity contribution is -0.00705. The summed E-state index contributed by atoms with van der Waals surface area (Å²) in [5.41, 5.74) is 0.361. The number of pyridine rings is 1. The fourth-order valence-corrected chi connectivity index (χ4v) is 1.76. The summed E-state index contributed by atoms with van der Waals surface area (Å²) in [5.74, 6) is -1.15. The molecule has 1 aliphatic heterocycles. The predicted octanol–water partition coefficient (Wildman–Crippen LogP) is 0.459. The van der Waals surface area contributed by atoms with Crippen molar-refractivity contribution in [3.05, 3.63) is 29.6 Å². The van der Waals surface area contributed by atoms with Gasteiger partial charge >= 0.3 is 11.9 Å². The number of cyclic esters (lactones) is 2. The molecule has 0 fully saturated rings. The van der Waals surface area contributed by atoms with Crippen LogP contribution in [0.2, 0.25) is 0 Å². The first-order chi connectivity index (χ1) is 11.3. The first kappa shape index (κ1) is 17.3. The lowest BCUT2D eigenvalue weighted by Gasteiger charge is -2.09. The van der Waals surface area contributed by atoms with Gasteiger partial charge < -0.3 is 23.7 Å². The molecule has 0 N–H and O–H groups in total. The summed E-state index contributed by atoms with van der Waals surface area (Å²) in [5, 5.41) is 0. The van der Waals surface area contributed by atoms with E-state index < -0.39 is 11.9 Å². The zero-order valence-electron chi connectivity index (χ0n) is 12.7. The number of hydrogen-bond donors (Lipinski definition) is 0. The van der Waals surface area contributed by atoms with Crippen molar-refractivity contribution in [2.75, 3.05) is 52.9 Å². The molecule has 0 unspecified atom stereocenters. The molecular formula is C15H19NO7. The average molecular weight is 325 g/mol. The van der Waals surface area contributed by atoms with Gasteiger partial charge in [0.2, 0.25) is 0 Å². The van der Waals surface area contributed by atoms with E-state index in [1.807, 2.05) is 0 Å². The van der Waals surface area contributed by atoms with Gasteiger partial charge in [0.15, 0.2) is 0 Å². The minimum atomic E-state index is -0.573. The molecule has 2 heterocycles. The summed E-state index contributed by atoms with van der Waals surface area (Å²) in [6, 6.07) is 1.39. The molecule has 0 aromatic carbocycles. The molecule has 0 radical (unpaired) electrons. The van der Waals surface area contributed by atoms with Crippen molar-refractivity contribution in [2.24, 2.45) is 0 Å². The third kappa shape index (κ3) is 6.31. The van der Waals surface area contributed by atoms with Crippen LogP contribution in [-0.4, -0.2) is 69.8 Å². The second-order valence-electron chi connectivity index (χ2n) is 4.57. The molecule has 0 saturated carbocycles. The number of fused-ring (bicyclic) bond motifs is 2. The van der Waals surface area contributed by atoms with E-state index in [1.165, 1.54) is 18.5 Å². The number of carbonyl (C=O) groups excluding carboxylic acids is 2. The molecule has 8 nitrogen and oxygen atoms in total. The van der Waals surface area contributed by atoms with E-state index in [0.29, 0.717) is 26.4 Å². The largest absolute Gasteiger partial charge is 0.460 e. The number of rotatable bonds is 0. The monoisotopic (exact) mass is 325 g/mol. The van der Waals surface area contributed by atoms with Crippen LogP contribution in [0, 0.1) is 0 Å². The minimum absolute atomic E-state index is 0.108. The van der Waals surface area contributed by atoms with Gasteiger partial charge in [-0.15, -0.1) is 0 Å². The standard InChI is InChI=1S/C15H19NO7/c17-14-12-9-13(11-16-10-12)15(18)23-8-6-21-4-2-19-1-3-20-5-7-22-14/h9-11H,1-8H2. The molecule has 126 valence electrons. The molecule has 8 heteroatoms. The number of hydrogen-bond acceptors (Lipinski definition) is 8. The highest BCUT2D eigenvalue weighted by molar-refractivity contribution is 5.94. The summed E-state index contributed by atoms with van der Waals surface area (Å²) in [7, 11) is 0. The first-order valence-corrected chi connectivity index (χ1v) is 7.30. The van der Waals surface area contributed by atoms with Crippen molar-refractivity contribution >= 4 is 11.9 Å². The molecule has 2 rings (SSSR count). The summed E-state index contributed by atoms with van der Waals surface area (Å²) >= 11 is 0. The van der Waals surface area contributed by atoms with Gasteiger partial charge in [-0.25, -0.2) is 9.59 Å². The van der Waals surface area contributed by atoms with Crippen LogP contribution in [0.1, 0.15) is 20.7 Å².